The SMILES string of the molecule is Cc1cccc2cc(C(C)Nc3ncnc4nc[nH]c34)nc(C(=O)N3C4CCC3COC4)c12. The lowest BCUT2D eigenvalue weighted by molar-refractivity contribution is -0.00736. The Bertz CT molecular complexity index is 1350. The molecule has 4 aromatic rings. The molecule has 2 aliphatic heterocycles. The van der Waals surface area contributed by atoms with Gasteiger partial charge in [-0.25, -0.2) is 19.9 Å². The summed E-state index contributed by atoms with van der Waals surface area (Å²) in [6, 6.07) is 8.22. The zero-order chi connectivity index (χ0) is 22.5. The van der Waals surface area contributed by atoms with Crippen molar-refractivity contribution in [2.24, 2.45) is 0 Å². The van der Waals surface area contributed by atoms with Crippen molar-refractivity contribution >= 4 is 33.7 Å². The van der Waals surface area contributed by atoms with Gasteiger partial charge >= 0.3 is 0 Å². The van der Waals surface area contributed by atoms with Gasteiger partial charge in [-0.3, -0.25) is 4.79 Å². The van der Waals surface area contributed by atoms with Gasteiger partial charge in [-0.15, -0.1) is 0 Å². The summed E-state index contributed by atoms with van der Waals surface area (Å²) in [5.41, 5.74) is 3.68. The fraction of sp³-hybridized carbons (Fsp3) is 0.375. The van der Waals surface area contributed by atoms with Crippen molar-refractivity contribution in [3.05, 3.63) is 53.9 Å². The molecule has 0 spiro atoms. The monoisotopic (exact) mass is 443 g/mol. The molecule has 9 nitrogen and oxygen atoms in total. The average molecular weight is 444 g/mol. The van der Waals surface area contributed by atoms with E-state index in [1.165, 1.54) is 6.33 Å². The lowest BCUT2D eigenvalue weighted by Gasteiger charge is -2.34. The van der Waals surface area contributed by atoms with E-state index in [1.807, 2.05) is 36.9 Å². The van der Waals surface area contributed by atoms with Crippen LogP contribution in [0.3, 0.4) is 0 Å². The first-order chi connectivity index (χ1) is 16.1. The Labute approximate surface area is 190 Å². The van der Waals surface area contributed by atoms with Crippen LogP contribution in [0, 0.1) is 6.92 Å². The number of aromatic amines is 1. The minimum atomic E-state index is -0.190. The Kier molecular flexibility index (Phi) is 4.72. The molecule has 2 bridgehead atoms. The van der Waals surface area contributed by atoms with E-state index in [1.54, 1.807) is 6.33 Å². The van der Waals surface area contributed by atoms with E-state index in [9.17, 15) is 4.79 Å². The molecular weight excluding hydrogens is 418 g/mol. The molecule has 0 saturated carbocycles. The molecule has 5 heterocycles. The van der Waals surface area contributed by atoms with Crippen molar-refractivity contribution in [1.82, 2.24) is 29.8 Å². The molecule has 3 aromatic heterocycles. The topological polar surface area (TPSA) is 109 Å². The predicted molar refractivity (Wildman–Crippen MR) is 124 cm³/mol. The summed E-state index contributed by atoms with van der Waals surface area (Å²) in [6.07, 6.45) is 5.05. The lowest BCUT2D eigenvalue weighted by Crippen LogP contribution is -2.49. The number of nitrogens with zero attached hydrogens (tertiary/aromatic N) is 5. The zero-order valence-electron chi connectivity index (χ0n) is 18.6. The van der Waals surface area contributed by atoms with Gasteiger partial charge in [-0.1, -0.05) is 18.2 Å². The third-order valence-corrected chi connectivity index (χ3v) is 6.78. The van der Waals surface area contributed by atoms with Gasteiger partial charge in [-0.05, 0) is 43.7 Å². The summed E-state index contributed by atoms with van der Waals surface area (Å²) in [7, 11) is 0. The fourth-order valence-electron chi connectivity index (χ4n) is 5.12. The first-order valence-electron chi connectivity index (χ1n) is 11.3. The maximum Gasteiger partial charge on any atom is 0.273 e. The number of anilines is 1. The van der Waals surface area contributed by atoms with Gasteiger partial charge in [0.15, 0.2) is 11.5 Å². The highest BCUT2D eigenvalue weighted by Crippen LogP contribution is 2.33. The molecule has 9 heteroatoms. The zero-order valence-corrected chi connectivity index (χ0v) is 18.6. The molecule has 168 valence electrons. The number of benzene rings is 1. The number of hydrogen-bond donors (Lipinski definition) is 2. The number of ether oxygens (including phenoxy) is 1. The van der Waals surface area contributed by atoms with Crippen molar-refractivity contribution in [2.75, 3.05) is 18.5 Å². The first kappa shape index (κ1) is 20.0. The molecular formula is C24H25N7O2. The maximum absolute atomic E-state index is 13.9. The van der Waals surface area contributed by atoms with Gasteiger partial charge < -0.3 is 19.9 Å². The second-order valence-electron chi connectivity index (χ2n) is 8.89. The Balaban J connectivity index is 1.42. The van der Waals surface area contributed by atoms with E-state index < -0.39 is 0 Å². The van der Waals surface area contributed by atoms with Crippen molar-refractivity contribution in [2.45, 2.75) is 44.8 Å². The van der Waals surface area contributed by atoms with E-state index in [4.69, 9.17) is 9.72 Å². The number of fused-ring (bicyclic) bond motifs is 4. The predicted octanol–water partition coefficient (Wildman–Crippen LogP) is 3.39. The van der Waals surface area contributed by atoms with Crippen LogP contribution in [0.2, 0.25) is 0 Å². The third-order valence-electron chi connectivity index (χ3n) is 6.78. The van der Waals surface area contributed by atoms with Crippen LogP contribution in [0.15, 0.2) is 36.9 Å². The minimum Gasteiger partial charge on any atom is -0.377 e. The number of morpholine rings is 1. The van der Waals surface area contributed by atoms with E-state index in [0.717, 1.165) is 40.4 Å². The molecule has 3 atom stereocenters. The number of hydrogen-bond acceptors (Lipinski definition) is 7. The Morgan fingerprint density at radius 2 is 2.03 bits per heavy atom. The summed E-state index contributed by atoms with van der Waals surface area (Å²) in [6.45, 7) is 5.25. The van der Waals surface area contributed by atoms with Gasteiger partial charge in [0, 0.05) is 5.39 Å². The lowest BCUT2D eigenvalue weighted by atomic mass is 10.0. The minimum absolute atomic E-state index is 0.00264. The number of pyridine rings is 1. The van der Waals surface area contributed by atoms with Crippen LogP contribution in [-0.4, -0.2) is 61.0 Å². The largest absolute Gasteiger partial charge is 0.377 e. The summed E-state index contributed by atoms with van der Waals surface area (Å²) in [5.74, 6) is 0.646. The number of imidazole rings is 1. The smallest absolute Gasteiger partial charge is 0.273 e. The highest BCUT2D eigenvalue weighted by molar-refractivity contribution is 6.07. The molecule has 2 fully saturated rings. The molecule has 0 radical (unpaired) electrons. The van der Waals surface area contributed by atoms with Gasteiger partial charge in [0.1, 0.15) is 17.5 Å². The molecule has 1 aromatic carbocycles. The van der Waals surface area contributed by atoms with E-state index in [0.29, 0.717) is 30.4 Å². The number of aromatic nitrogens is 5. The van der Waals surface area contributed by atoms with E-state index in [2.05, 4.69) is 31.3 Å². The van der Waals surface area contributed by atoms with Crippen LogP contribution in [0.4, 0.5) is 5.82 Å². The fourth-order valence-corrected chi connectivity index (χ4v) is 5.12. The summed E-state index contributed by atoms with van der Waals surface area (Å²) >= 11 is 0. The number of rotatable bonds is 4. The molecule has 1 amide bonds. The number of H-pyrrole nitrogens is 1. The van der Waals surface area contributed by atoms with Crippen LogP contribution < -0.4 is 5.32 Å². The second kappa shape index (κ2) is 7.77. The van der Waals surface area contributed by atoms with Crippen molar-refractivity contribution < 1.29 is 9.53 Å². The van der Waals surface area contributed by atoms with Crippen LogP contribution in [0.25, 0.3) is 21.9 Å². The molecule has 0 aliphatic carbocycles. The summed E-state index contributed by atoms with van der Waals surface area (Å²) in [5, 5.41) is 5.34. The number of nitrogens with one attached hydrogen (secondary N) is 2. The second-order valence-corrected chi connectivity index (χ2v) is 8.89. The Morgan fingerprint density at radius 1 is 1.21 bits per heavy atom. The van der Waals surface area contributed by atoms with E-state index >= 15 is 0 Å². The maximum atomic E-state index is 13.9. The van der Waals surface area contributed by atoms with Gasteiger partial charge in [-0.2, -0.15) is 0 Å². The third kappa shape index (κ3) is 3.31. The summed E-state index contributed by atoms with van der Waals surface area (Å²) in [4.78, 5) is 36.6. The summed E-state index contributed by atoms with van der Waals surface area (Å²) < 4.78 is 5.70. The number of carbonyl (C=O) groups excluding carboxylic acids is 1. The van der Waals surface area contributed by atoms with Crippen molar-refractivity contribution in [1.29, 1.82) is 0 Å². The molecule has 2 N–H and O–H groups in total. The first-order valence-corrected chi connectivity index (χ1v) is 11.3. The van der Waals surface area contributed by atoms with Gasteiger partial charge in [0.05, 0.1) is 43.4 Å². The highest BCUT2D eigenvalue weighted by atomic mass is 16.5. The van der Waals surface area contributed by atoms with Crippen LogP contribution in [0.1, 0.15) is 47.6 Å². The normalized spacial score (nSPS) is 21.0. The number of carbonyl (C=O) groups is 1. The Morgan fingerprint density at radius 3 is 2.85 bits per heavy atom. The molecule has 2 aliphatic rings. The molecule has 2 saturated heterocycles. The highest BCUT2D eigenvalue weighted by Gasteiger charge is 2.41. The molecule has 33 heavy (non-hydrogen) atoms. The van der Waals surface area contributed by atoms with Gasteiger partial charge in [0.25, 0.3) is 5.91 Å². The standard InChI is InChI=1S/C24H25N7O2/c1-13-4-3-5-15-8-18(14(2)29-23-21-22(26-11-25-21)27-12-28-23)30-20(19(13)15)24(32)31-16-6-7-17(31)10-33-9-16/h3-5,8,11-12,14,16-17H,6-7,9-10H2,1-2H3,(H2,25,26,27,28,29). The Hall–Kier alpha value is -3.59. The van der Waals surface area contributed by atoms with E-state index in [-0.39, 0.29) is 24.0 Å². The van der Waals surface area contributed by atoms with Crippen LogP contribution in [-0.2, 0) is 4.74 Å². The van der Waals surface area contributed by atoms with Crippen LogP contribution in [0.5, 0.6) is 0 Å². The number of aryl methyl sites for hydroxylation is 1. The number of amides is 1. The van der Waals surface area contributed by atoms with Gasteiger partial charge in [0.2, 0.25) is 0 Å². The molecule has 6 rings (SSSR count). The average Bonchev–Trinajstić information content (AvgIpc) is 3.40. The quantitative estimate of drug-likeness (QED) is 0.498. The van der Waals surface area contributed by atoms with Crippen LogP contribution >= 0.6 is 0 Å². The van der Waals surface area contributed by atoms with Crippen molar-refractivity contribution in [3.8, 4) is 0 Å². The van der Waals surface area contributed by atoms with Crippen molar-refractivity contribution in [3.63, 3.8) is 0 Å². The molecule has 3 unspecified atom stereocenters.